The van der Waals surface area contributed by atoms with Crippen molar-refractivity contribution in [3.8, 4) is 11.8 Å². The molecule has 0 aliphatic heterocycles. The second kappa shape index (κ2) is 11.9. The minimum Gasteiger partial charge on any atom is -0.405 e. The van der Waals surface area contributed by atoms with E-state index < -0.39 is 6.36 Å². The Labute approximate surface area is 244 Å². The summed E-state index contributed by atoms with van der Waals surface area (Å²) in [5, 5.41) is 30.0. The van der Waals surface area contributed by atoms with Crippen LogP contribution in [0.5, 0.6) is 5.75 Å². The van der Waals surface area contributed by atoms with Crippen molar-refractivity contribution in [1.82, 2.24) is 15.3 Å². The zero-order valence-electron chi connectivity index (χ0n) is 23.7. The first-order valence-electron chi connectivity index (χ1n) is 15.2. The summed E-state index contributed by atoms with van der Waals surface area (Å²) < 4.78 is 42.6. The fourth-order valence-corrected chi connectivity index (χ4v) is 8.40. The Bertz CT molecular complexity index is 1280. The Morgan fingerprint density at radius 3 is 2.50 bits per heavy atom. The number of nitrogens with zero attached hydrogens (tertiary/aromatic N) is 3. The van der Waals surface area contributed by atoms with Crippen LogP contribution in [0.3, 0.4) is 0 Å². The molecule has 5 aliphatic rings. The predicted molar refractivity (Wildman–Crippen MR) is 151 cm³/mol. The van der Waals surface area contributed by atoms with Gasteiger partial charge >= 0.3 is 6.36 Å². The monoisotopic (exact) mass is 584 g/mol. The summed E-state index contributed by atoms with van der Waals surface area (Å²) in [7, 11) is 0. The van der Waals surface area contributed by atoms with Crippen LogP contribution >= 0.6 is 0 Å². The van der Waals surface area contributed by atoms with E-state index in [0.29, 0.717) is 40.7 Å². The number of alkyl halides is 3. The third-order valence-corrected chi connectivity index (χ3v) is 10.0. The van der Waals surface area contributed by atoms with Crippen LogP contribution in [-0.4, -0.2) is 46.7 Å². The summed E-state index contributed by atoms with van der Waals surface area (Å²) in [5.74, 6) is 3.11. The molecule has 7 rings (SSSR count). The first kappa shape index (κ1) is 29.0. The van der Waals surface area contributed by atoms with Gasteiger partial charge in [-0.1, -0.05) is 18.2 Å². The molecular formula is C31H39F3N6O2. The van der Waals surface area contributed by atoms with E-state index >= 15 is 0 Å². The van der Waals surface area contributed by atoms with Gasteiger partial charge in [0.1, 0.15) is 23.2 Å². The van der Waals surface area contributed by atoms with Gasteiger partial charge in [-0.25, -0.2) is 4.98 Å². The molecule has 1 unspecified atom stereocenters. The molecular weight excluding hydrogens is 545 g/mol. The molecule has 5 fully saturated rings. The highest BCUT2D eigenvalue weighted by Crippen LogP contribution is 2.60. The number of hydrogen-bond donors (Lipinski definition) is 4. The van der Waals surface area contributed by atoms with Crippen molar-refractivity contribution >= 4 is 11.8 Å². The lowest BCUT2D eigenvalue weighted by atomic mass is 9.48. The van der Waals surface area contributed by atoms with Crippen molar-refractivity contribution in [2.75, 3.05) is 23.7 Å². The molecule has 1 aromatic carbocycles. The lowest BCUT2D eigenvalue weighted by Gasteiger charge is -2.60. The van der Waals surface area contributed by atoms with Gasteiger partial charge in [0, 0.05) is 24.7 Å². The van der Waals surface area contributed by atoms with Gasteiger partial charge in [-0.3, -0.25) is 0 Å². The summed E-state index contributed by atoms with van der Waals surface area (Å²) in [6.45, 7) is 1.81. The third-order valence-electron chi connectivity index (χ3n) is 10.0. The Balaban J connectivity index is 1.08. The lowest BCUT2D eigenvalue weighted by molar-refractivity contribution is -0.274. The van der Waals surface area contributed by atoms with Crippen molar-refractivity contribution < 1.29 is 23.0 Å². The molecule has 11 heteroatoms. The summed E-state index contributed by atoms with van der Waals surface area (Å²) >= 11 is 0. The van der Waals surface area contributed by atoms with E-state index in [0.717, 1.165) is 57.5 Å². The fourth-order valence-electron chi connectivity index (χ4n) is 8.40. The molecule has 4 bridgehead atoms. The zero-order valence-corrected chi connectivity index (χ0v) is 23.7. The van der Waals surface area contributed by atoms with Crippen LogP contribution in [0.2, 0.25) is 0 Å². The van der Waals surface area contributed by atoms with Gasteiger partial charge in [0.2, 0.25) is 5.95 Å². The van der Waals surface area contributed by atoms with Gasteiger partial charge in [-0.2, -0.15) is 10.2 Å². The zero-order chi connectivity index (χ0) is 29.3. The predicted octanol–water partition coefficient (Wildman–Crippen LogP) is 5.61. The lowest BCUT2D eigenvalue weighted by Crippen LogP contribution is -2.60. The van der Waals surface area contributed by atoms with Crippen molar-refractivity contribution in [2.45, 2.75) is 82.8 Å². The maximum Gasteiger partial charge on any atom is 0.573 e. The molecule has 226 valence electrons. The van der Waals surface area contributed by atoms with Crippen LogP contribution < -0.4 is 20.7 Å². The van der Waals surface area contributed by atoms with Crippen molar-refractivity contribution in [3.63, 3.8) is 0 Å². The van der Waals surface area contributed by atoms with Gasteiger partial charge in [0.15, 0.2) is 0 Å². The molecule has 5 aliphatic carbocycles. The Hall–Kier alpha value is -3.10. The molecule has 0 saturated heterocycles. The first-order chi connectivity index (χ1) is 20.2. The molecule has 0 radical (unpaired) electrons. The van der Waals surface area contributed by atoms with E-state index in [1.54, 1.807) is 12.1 Å². The maximum atomic E-state index is 12.8. The number of aliphatic hydroxyl groups is 1. The Morgan fingerprint density at radius 1 is 1.05 bits per heavy atom. The van der Waals surface area contributed by atoms with Crippen molar-refractivity contribution in [2.24, 2.45) is 29.1 Å². The van der Waals surface area contributed by atoms with Crippen LogP contribution in [-0.2, 0) is 6.54 Å². The molecule has 1 heterocycles. The molecule has 8 nitrogen and oxygen atoms in total. The number of nitriles is 1. The van der Waals surface area contributed by atoms with E-state index in [2.05, 4.69) is 36.7 Å². The average Bonchev–Trinajstić information content (AvgIpc) is 2.95. The molecule has 1 aromatic heterocycles. The number of aromatic nitrogens is 2. The SMILES string of the molecule is N#Cc1cnc(NCc2ccccc2OC(F)(F)F)nc1NC[C@]12CC3C[C@H](C1)[C@@H](NC[C@H]1CC[C@@H](O)CC1)[C@@H](C3)C2. The number of rotatable bonds is 10. The van der Waals surface area contributed by atoms with E-state index in [1.165, 1.54) is 37.6 Å². The minimum atomic E-state index is -4.79. The Morgan fingerprint density at radius 2 is 1.79 bits per heavy atom. The standard InChI is InChI=1S/C31H39F3N6O2/c32-31(33,34)42-26-4-2-1-3-21(26)16-37-29-38-17-24(14-35)28(40-29)39-18-30-11-20-9-22(12-30)27(23(10-20)13-30)36-15-19-5-7-25(41)8-6-19/h1-4,17,19-20,22-23,25,27,36,41H,5-13,15-16,18H2,(H2,37,38,39,40)/t19-,20?,22-,23+,25+,27-,30-. The van der Waals surface area contributed by atoms with Crippen LogP contribution in [0, 0.1) is 40.4 Å². The molecule has 42 heavy (non-hydrogen) atoms. The van der Waals surface area contributed by atoms with Crippen LogP contribution in [0.1, 0.15) is 68.9 Å². The number of ether oxygens (including phenoxy) is 1. The van der Waals surface area contributed by atoms with Gasteiger partial charge in [0.05, 0.1) is 12.3 Å². The molecule has 5 atom stereocenters. The number of para-hydroxylation sites is 1. The van der Waals surface area contributed by atoms with Crippen LogP contribution in [0.4, 0.5) is 24.9 Å². The van der Waals surface area contributed by atoms with Gasteiger partial charge in [-0.15, -0.1) is 13.2 Å². The van der Waals surface area contributed by atoms with Gasteiger partial charge in [-0.05, 0) is 99.5 Å². The third kappa shape index (κ3) is 6.60. The second-order valence-corrected chi connectivity index (χ2v) is 13.0. The molecule has 0 amide bonds. The number of aliphatic hydroxyl groups excluding tert-OH is 1. The summed E-state index contributed by atoms with van der Waals surface area (Å²) in [4.78, 5) is 8.74. The van der Waals surface area contributed by atoms with E-state index in [4.69, 9.17) is 0 Å². The summed E-state index contributed by atoms with van der Waals surface area (Å²) in [6, 6.07) is 8.66. The van der Waals surface area contributed by atoms with E-state index in [9.17, 15) is 23.5 Å². The first-order valence-corrected chi connectivity index (χ1v) is 15.2. The maximum absolute atomic E-state index is 12.8. The quantitative estimate of drug-likeness (QED) is 0.285. The molecule has 4 N–H and O–H groups in total. The highest BCUT2D eigenvalue weighted by Gasteiger charge is 2.55. The largest absolute Gasteiger partial charge is 0.573 e. The van der Waals surface area contributed by atoms with Crippen molar-refractivity contribution in [3.05, 3.63) is 41.6 Å². The smallest absolute Gasteiger partial charge is 0.405 e. The minimum absolute atomic E-state index is 0.0302. The number of halogens is 3. The summed E-state index contributed by atoms with van der Waals surface area (Å²) in [6.07, 6.45) is 6.66. The van der Waals surface area contributed by atoms with Crippen LogP contribution in [0.25, 0.3) is 0 Å². The van der Waals surface area contributed by atoms with E-state index in [-0.39, 0.29) is 29.8 Å². The van der Waals surface area contributed by atoms with Gasteiger partial charge in [0.25, 0.3) is 0 Å². The second-order valence-electron chi connectivity index (χ2n) is 13.0. The Kier molecular flexibility index (Phi) is 8.20. The fraction of sp³-hybridized carbons (Fsp3) is 0.645. The topological polar surface area (TPSA) is 115 Å². The van der Waals surface area contributed by atoms with Crippen LogP contribution in [0.15, 0.2) is 30.5 Å². The van der Waals surface area contributed by atoms with Gasteiger partial charge < -0.3 is 25.8 Å². The molecule has 0 spiro atoms. The van der Waals surface area contributed by atoms with E-state index in [1.807, 2.05) is 0 Å². The number of hydrogen-bond acceptors (Lipinski definition) is 8. The normalized spacial score (nSPS) is 31.9. The molecule has 5 saturated carbocycles. The number of benzene rings is 1. The molecule has 2 aromatic rings. The number of nitrogens with one attached hydrogen (secondary N) is 3. The highest BCUT2D eigenvalue weighted by molar-refractivity contribution is 5.53. The number of anilines is 2. The highest BCUT2D eigenvalue weighted by atomic mass is 19.4. The average molecular weight is 585 g/mol. The van der Waals surface area contributed by atoms with Crippen molar-refractivity contribution in [1.29, 1.82) is 5.26 Å². The summed E-state index contributed by atoms with van der Waals surface area (Å²) in [5.41, 5.74) is 0.821.